The van der Waals surface area contributed by atoms with Crippen LogP contribution in [0.5, 0.6) is 0 Å². The number of nitrogens with zero attached hydrogens (tertiary/aromatic N) is 2. The molecule has 0 spiro atoms. The van der Waals surface area contributed by atoms with E-state index in [-0.39, 0.29) is 0 Å². The number of anilines is 4. The lowest BCUT2D eigenvalue weighted by Gasteiger charge is -2.27. The van der Waals surface area contributed by atoms with Crippen LogP contribution >= 0.6 is 0 Å². The summed E-state index contributed by atoms with van der Waals surface area (Å²) < 4.78 is 5.37. The lowest BCUT2D eigenvalue weighted by molar-refractivity contribution is 0.307. The second-order valence-corrected chi connectivity index (χ2v) is 12.1. The molecule has 3 nitrogen and oxygen atoms in total. The molecule has 0 bridgehead atoms. The first-order valence-corrected chi connectivity index (χ1v) is 16.4. The fraction of sp³-hybridized carbons (Fsp3) is 0.111. The molecule has 0 aliphatic rings. The molecule has 0 aliphatic heterocycles. The van der Waals surface area contributed by atoms with Gasteiger partial charge < -0.3 is 14.5 Å². The number of allylic oxidation sites excluding steroid dienone is 4. The van der Waals surface area contributed by atoms with E-state index in [1.165, 1.54) is 38.7 Å². The van der Waals surface area contributed by atoms with E-state index in [0.29, 0.717) is 5.92 Å². The first-order chi connectivity index (χ1) is 23.5. The topological polar surface area (TPSA) is 15.7 Å². The molecular weight excluding hydrogens is 585 g/mol. The highest BCUT2D eigenvalue weighted by molar-refractivity contribution is 5.99. The summed E-state index contributed by atoms with van der Waals surface area (Å²) in [5.74, 6) is 1.07. The average Bonchev–Trinajstić information content (AvgIpc) is 3.14. The predicted molar refractivity (Wildman–Crippen MR) is 206 cm³/mol. The molecule has 238 valence electrons. The van der Waals surface area contributed by atoms with Crippen molar-refractivity contribution in [1.29, 1.82) is 0 Å². The lowest BCUT2D eigenvalue weighted by Crippen LogP contribution is -2.20. The van der Waals surface area contributed by atoms with E-state index in [9.17, 15) is 0 Å². The maximum atomic E-state index is 5.37. The highest BCUT2D eigenvalue weighted by atomic mass is 16.5. The predicted octanol–water partition coefficient (Wildman–Crippen LogP) is 12.3. The number of methoxy groups -OCH3 is 1. The molecule has 0 saturated heterocycles. The molecule has 0 fully saturated rings. The minimum Gasteiger partial charge on any atom is -0.497 e. The van der Waals surface area contributed by atoms with Gasteiger partial charge in [-0.3, -0.25) is 0 Å². The van der Waals surface area contributed by atoms with Gasteiger partial charge in [-0.25, -0.2) is 0 Å². The number of hydrogen-bond acceptors (Lipinski definition) is 3. The van der Waals surface area contributed by atoms with Crippen molar-refractivity contribution >= 4 is 33.5 Å². The van der Waals surface area contributed by atoms with Gasteiger partial charge in [0, 0.05) is 35.2 Å². The molecule has 0 aliphatic carbocycles. The molecule has 0 N–H and O–H groups in total. The van der Waals surface area contributed by atoms with E-state index in [4.69, 9.17) is 4.74 Å². The van der Waals surface area contributed by atoms with Gasteiger partial charge in [0.2, 0.25) is 0 Å². The molecule has 0 unspecified atom stereocenters. The van der Waals surface area contributed by atoms with Gasteiger partial charge in [0.1, 0.15) is 5.76 Å². The number of rotatable bonds is 11. The van der Waals surface area contributed by atoms with E-state index in [2.05, 4.69) is 189 Å². The third kappa shape index (κ3) is 6.96. The Bertz CT molecular complexity index is 2050. The summed E-state index contributed by atoms with van der Waals surface area (Å²) in [4.78, 5) is 4.60. The molecule has 0 saturated carbocycles. The van der Waals surface area contributed by atoms with E-state index in [1.807, 2.05) is 6.08 Å². The zero-order valence-corrected chi connectivity index (χ0v) is 28.2. The van der Waals surface area contributed by atoms with Gasteiger partial charge >= 0.3 is 0 Å². The van der Waals surface area contributed by atoms with Gasteiger partial charge in [-0.15, -0.1) is 0 Å². The Morgan fingerprint density at radius 3 is 1.85 bits per heavy atom. The van der Waals surface area contributed by atoms with Crippen LogP contribution in [0.4, 0.5) is 22.7 Å². The molecule has 0 radical (unpaired) electrons. The molecule has 6 aromatic carbocycles. The van der Waals surface area contributed by atoms with Gasteiger partial charge in [0.25, 0.3) is 0 Å². The summed E-state index contributed by atoms with van der Waals surface area (Å²) in [5, 5.41) is 2.43. The number of ether oxygens (including phenoxy) is 1. The Labute approximate surface area is 285 Å². The zero-order chi connectivity index (χ0) is 33.5. The number of fused-ring (bicyclic) bond motifs is 1. The summed E-state index contributed by atoms with van der Waals surface area (Å²) >= 11 is 0. The fourth-order valence-electron chi connectivity index (χ4n) is 6.19. The SMILES string of the molecule is C=C/C(=C\C=C(/C(C)C)N(C)c1ccc(-c2ccc(N(c3cccc(-c4ccccc4)c3)c3cccc4ccccc34)cc2)cc1)OC. The van der Waals surface area contributed by atoms with Crippen LogP contribution in [0.3, 0.4) is 0 Å². The summed E-state index contributed by atoms with van der Waals surface area (Å²) in [7, 11) is 3.77. The minimum absolute atomic E-state index is 0.333. The molecule has 3 heteroatoms. The van der Waals surface area contributed by atoms with Crippen molar-refractivity contribution in [3.8, 4) is 22.3 Å². The van der Waals surface area contributed by atoms with Crippen LogP contribution in [0.1, 0.15) is 13.8 Å². The van der Waals surface area contributed by atoms with E-state index >= 15 is 0 Å². The maximum Gasteiger partial charge on any atom is 0.118 e. The molecule has 6 aromatic rings. The zero-order valence-electron chi connectivity index (χ0n) is 28.2. The second kappa shape index (κ2) is 14.7. The van der Waals surface area contributed by atoms with Gasteiger partial charge in [-0.05, 0) is 94.3 Å². The Hall–Kier alpha value is -5.80. The van der Waals surface area contributed by atoms with Crippen molar-refractivity contribution in [2.45, 2.75) is 13.8 Å². The highest BCUT2D eigenvalue weighted by Crippen LogP contribution is 2.40. The van der Waals surface area contributed by atoms with Crippen LogP contribution in [0.2, 0.25) is 0 Å². The molecule has 6 rings (SSSR count). The summed E-state index contributed by atoms with van der Waals surface area (Å²) in [6.07, 6.45) is 5.79. The van der Waals surface area contributed by atoms with Crippen LogP contribution < -0.4 is 9.80 Å². The van der Waals surface area contributed by atoms with Crippen LogP contribution in [-0.4, -0.2) is 14.2 Å². The third-order valence-electron chi connectivity index (χ3n) is 8.77. The standard InChI is InChI=1S/C45H42N2O/c1-6-42(48-5)30-31-44(33(2)3)46(4)39-26-22-35(23-27-39)36-24-28-40(29-25-36)47(45-21-13-17-37-16-10-11-20-43(37)45)41-19-12-18-38(32-41)34-14-8-7-9-15-34/h6-33H,1H2,2-5H3/b42-30+,44-31+. The normalized spacial score (nSPS) is 11.9. The van der Waals surface area contributed by atoms with Gasteiger partial charge in [-0.1, -0.05) is 124 Å². The highest BCUT2D eigenvalue weighted by Gasteiger charge is 2.17. The molecule has 48 heavy (non-hydrogen) atoms. The smallest absolute Gasteiger partial charge is 0.118 e. The first-order valence-electron chi connectivity index (χ1n) is 16.4. The number of benzene rings is 6. The summed E-state index contributed by atoms with van der Waals surface area (Å²) in [5.41, 5.74) is 10.4. The van der Waals surface area contributed by atoms with E-state index in [1.54, 1.807) is 13.2 Å². The van der Waals surface area contributed by atoms with E-state index in [0.717, 1.165) is 28.5 Å². The molecule has 0 heterocycles. The Morgan fingerprint density at radius 1 is 0.604 bits per heavy atom. The van der Waals surface area contributed by atoms with Crippen LogP contribution in [0, 0.1) is 5.92 Å². The van der Waals surface area contributed by atoms with Gasteiger partial charge in [-0.2, -0.15) is 0 Å². The van der Waals surface area contributed by atoms with Crippen molar-refractivity contribution in [2.75, 3.05) is 24.0 Å². The second-order valence-electron chi connectivity index (χ2n) is 12.1. The van der Waals surface area contributed by atoms with Crippen molar-refractivity contribution in [1.82, 2.24) is 0 Å². The van der Waals surface area contributed by atoms with Crippen LogP contribution in [0.15, 0.2) is 182 Å². The fourth-order valence-corrected chi connectivity index (χ4v) is 6.19. The molecular formula is C45H42N2O. The van der Waals surface area contributed by atoms with Crippen LogP contribution in [0.25, 0.3) is 33.0 Å². The maximum absolute atomic E-state index is 5.37. The molecule has 0 amide bonds. The van der Waals surface area contributed by atoms with Gasteiger partial charge in [0.05, 0.1) is 12.8 Å². The Balaban J connectivity index is 1.34. The first kappa shape index (κ1) is 32.2. The van der Waals surface area contributed by atoms with Crippen molar-refractivity contribution in [2.24, 2.45) is 5.92 Å². The molecule has 0 aromatic heterocycles. The number of hydrogen-bond donors (Lipinski definition) is 0. The average molecular weight is 627 g/mol. The van der Waals surface area contributed by atoms with Crippen molar-refractivity contribution in [3.63, 3.8) is 0 Å². The molecule has 0 atom stereocenters. The van der Waals surface area contributed by atoms with Crippen LogP contribution in [-0.2, 0) is 4.74 Å². The third-order valence-corrected chi connectivity index (χ3v) is 8.77. The van der Waals surface area contributed by atoms with Crippen molar-refractivity contribution in [3.05, 3.63) is 182 Å². The van der Waals surface area contributed by atoms with Gasteiger partial charge in [0.15, 0.2) is 0 Å². The quantitative estimate of drug-likeness (QED) is 0.105. The lowest BCUT2D eigenvalue weighted by atomic mass is 10.0. The monoisotopic (exact) mass is 626 g/mol. The van der Waals surface area contributed by atoms with Crippen molar-refractivity contribution < 1.29 is 4.74 Å². The minimum atomic E-state index is 0.333. The Morgan fingerprint density at radius 2 is 1.19 bits per heavy atom. The largest absolute Gasteiger partial charge is 0.497 e. The summed E-state index contributed by atoms with van der Waals surface area (Å²) in [6, 6.07) is 52.2. The Kier molecular flexibility index (Phi) is 9.88. The van der Waals surface area contributed by atoms with E-state index < -0.39 is 0 Å². The summed E-state index contributed by atoms with van der Waals surface area (Å²) in [6.45, 7) is 8.23.